The van der Waals surface area contributed by atoms with Crippen LogP contribution in [0.1, 0.15) is 49.2 Å². The van der Waals surface area contributed by atoms with Crippen molar-refractivity contribution < 1.29 is 19.1 Å². The van der Waals surface area contributed by atoms with Crippen molar-refractivity contribution >= 4 is 40.4 Å². The minimum absolute atomic E-state index is 0.0658. The van der Waals surface area contributed by atoms with Crippen LogP contribution in [-0.4, -0.2) is 76.2 Å². The molecule has 3 aromatic rings. The van der Waals surface area contributed by atoms with Crippen LogP contribution in [0.5, 0.6) is 5.75 Å². The van der Waals surface area contributed by atoms with Gasteiger partial charge in [0.25, 0.3) is 5.91 Å². The van der Waals surface area contributed by atoms with Crippen molar-refractivity contribution in [2.75, 3.05) is 26.0 Å². The normalized spacial score (nSPS) is 16.8. The molecule has 43 heavy (non-hydrogen) atoms. The summed E-state index contributed by atoms with van der Waals surface area (Å²) in [7, 11) is 1.57. The molecular formula is C30H40N8O4S. The fourth-order valence-electron chi connectivity index (χ4n) is 5.19. The summed E-state index contributed by atoms with van der Waals surface area (Å²) in [6.45, 7) is 5.83. The number of nitriles is 1. The quantitative estimate of drug-likeness (QED) is 0.134. The molecule has 1 fully saturated rings. The summed E-state index contributed by atoms with van der Waals surface area (Å²) in [4.78, 5) is 42.6. The lowest BCUT2D eigenvalue weighted by atomic mass is 9.95. The highest BCUT2D eigenvalue weighted by molar-refractivity contribution is 8.00. The standard InChI is InChI=1S/C30H40N8O4S/c1-18(2)11-24(38-30(41)25-13-21-22(36-25)5-4-6-26(21)42-3)29(40)37-23(12-20-7-8-33-28(20)39)27(14-31)43-10-9-32-15-19-16-34-35-17-19/h4-6,13,16-18,20,23-24,27,32,36H,7-12,15H2,1-3H3,(H,33,39)(H,34,35)(H,37,40)(H,38,41)/t20-,23-,24-,27?/m0/s1. The lowest BCUT2D eigenvalue weighted by molar-refractivity contribution is -0.125. The minimum Gasteiger partial charge on any atom is -0.496 e. The summed E-state index contributed by atoms with van der Waals surface area (Å²) >= 11 is 1.44. The largest absolute Gasteiger partial charge is 0.496 e. The number of aromatic nitrogens is 3. The number of amides is 3. The summed E-state index contributed by atoms with van der Waals surface area (Å²) < 4.78 is 5.41. The van der Waals surface area contributed by atoms with Crippen molar-refractivity contribution in [2.45, 2.75) is 57.0 Å². The van der Waals surface area contributed by atoms with Gasteiger partial charge in [-0.25, -0.2) is 0 Å². The third-order valence-electron chi connectivity index (χ3n) is 7.40. The third kappa shape index (κ3) is 8.75. The number of hydrogen-bond donors (Lipinski definition) is 6. The molecule has 230 valence electrons. The number of carbonyl (C=O) groups excluding carboxylic acids is 3. The zero-order valence-corrected chi connectivity index (χ0v) is 25.6. The van der Waals surface area contributed by atoms with Crippen LogP contribution in [0.15, 0.2) is 36.7 Å². The molecule has 6 N–H and O–H groups in total. The Kier molecular flexibility index (Phi) is 11.5. The van der Waals surface area contributed by atoms with Gasteiger partial charge in [-0.1, -0.05) is 19.9 Å². The molecule has 4 atom stereocenters. The fourth-order valence-corrected chi connectivity index (χ4v) is 6.20. The van der Waals surface area contributed by atoms with Gasteiger partial charge in [0, 0.05) is 54.0 Å². The first-order valence-corrected chi connectivity index (χ1v) is 15.6. The Labute approximate surface area is 255 Å². The molecular weight excluding hydrogens is 568 g/mol. The zero-order chi connectivity index (χ0) is 30.8. The van der Waals surface area contributed by atoms with Gasteiger partial charge in [-0.05, 0) is 43.4 Å². The highest BCUT2D eigenvalue weighted by atomic mass is 32.2. The Hall–Kier alpha value is -4.02. The van der Waals surface area contributed by atoms with Gasteiger partial charge in [0.2, 0.25) is 11.8 Å². The number of ether oxygens (including phenoxy) is 1. The first-order chi connectivity index (χ1) is 20.8. The van der Waals surface area contributed by atoms with Crippen molar-refractivity contribution in [3.8, 4) is 11.8 Å². The Bertz CT molecular complexity index is 1420. The number of nitrogens with one attached hydrogen (secondary N) is 6. The number of carbonyl (C=O) groups is 3. The van der Waals surface area contributed by atoms with Gasteiger partial charge in [-0.15, -0.1) is 11.8 Å². The van der Waals surface area contributed by atoms with E-state index in [0.717, 1.165) is 16.5 Å². The molecule has 3 heterocycles. The second-order valence-electron chi connectivity index (χ2n) is 11.1. The molecule has 12 nitrogen and oxygen atoms in total. The van der Waals surface area contributed by atoms with Gasteiger partial charge in [0.05, 0.1) is 25.4 Å². The lowest BCUT2D eigenvalue weighted by Gasteiger charge is -2.28. The summed E-state index contributed by atoms with van der Waals surface area (Å²) in [5.74, 6) is 0.235. The number of rotatable bonds is 16. The van der Waals surface area contributed by atoms with E-state index in [9.17, 15) is 19.6 Å². The molecule has 1 aliphatic rings. The maximum absolute atomic E-state index is 13.7. The molecule has 0 radical (unpaired) electrons. The molecule has 0 saturated carbocycles. The van der Waals surface area contributed by atoms with E-state index in [1.54, 1.807) is 19.4 Å². The van der Waals surface area contributed by atoms with Gasteiger partial charge in [-0.2, -0.15) is 10.4 Å². The monoisotopic (exact) mass is 608 g/mol. The third-order valence-corrected chi connectivity index (χ3v) is 8.63. The molecule has 13 heteroatoms. The van der Waals surface area contributed by atoms with Gasteiger partial charge >= 0.3 is 0 Å². The predicted molar refractivity (Wildman–Crippen MR) is 165 cm³/mol. The summed E-state index contributed by atoms with van der Waals surface area (Å²) in [6, 6.07) is 8.14. The van der Waals surface area contributed by atoms with Crippen LogP contribution in [-0.2, 0) is 16.1 Å². The van der Waals surface area contributed by atoms with Crippen LogP contribution < -0.4 is 26.0 Å². The summed E-state index contributed by atoms with van der Waals surface area (Å²) in [5, 5.41) is 29.1. The van der Waals surface area contributed by atoms with Crippen molar-refractivity contribution in [1.82, 2.24) is 36.4 Å². The molecule has 4 rings (SSSR count). The SMILES string of the molecule is COc1cccc2[nH]c(C(=O)N[C@@H](CC(C)C)C(=O)N[C@@H](C[C@@H]3CCNC3=O)C(C#N)SCCNCc3cn[nH]c3)cc12. The molecule has 0 aliphatic carbocycles. The smallest absolute Gasteiger partial charge is 0.268 e. The van der Waals surface area contributed by atoms with Gasteiger partial charge in [-0.3, -0.25) is 19.5 Å². The van der Waals surface area contributed by atoms with Crippen LogP contribution in [0.4, 0.5) is 0 Å². The second kappa shape index (κ2) is 15.5. The van der Waals surface area contributed by atoms with Crippen LogP contribution in [0.25, 0.3) is 10.9 Å². The molecule has 2 aromatic heterocycles. The molecule has 0 bridgehead atoms. The number of nitrogens with zero attached hydrogens (tertiary/aromatic N) is 2. The lowest BCUT2D eigenvalue weighted by Crippen LogP contribution is -2.53. The Morgan fingerprint density at radius 2 is 2.12 bits per heavy atom. The van der Waals surface area contributed by atoms with Crippen molar-refractivity contribution in [3.05, 3.63) is 47.9 Å². The van der Waals surface area contributed by atoms with Crippen LogP contribution in [0.3, 0.4) is 0 Å². The number of H-pyrrole nitrogens is 2. The number of hydrogen-bond acceptors (Lipinski definition) is 8. The summed E-state index contributed by atoms with van der Waals surface area (Å²) in [6.07, 6.45) is 4.96. The first-order valence-electron chi connectivity index (χ1n) is 14.5. The molecule has 1 unspecified atom stereocenters. The number of aromatic amines is 2. The average molecular weight is 609 g/mol. The summed E-state index contributed by atoms with van der Waals surface area (Å²) in [5.41, 5.74) is 2.09. The second-order valence-corrected chi connectivity index (χ2v) is 12.3. The van der Waals surface area contributed by atoms with Crippen molar-refractivity contribution in [2.24, 2.45) is 11.8 Å². The topological polar surface area (TPSA) is 177 Å². The predicted octanol–water partition coefficient (Wildman–Crippen LogP) is 2.47. The number of fused-ring (bicyclic) bond motifs is 1. The van der Waals surface area contributed by atoms with E-state index in [2.05, 4.69) is 42.5 Å². The average Bonchev–Trinajstić information content (AvgIpc) is 3.75. The first kappa shape index (κ1) is 31.9. The van der Waals surface area contributed by atoms with E-state index >= 15 is 0 Å². The van der Waals surface area contributed by atoms with Crippen molar-refractivity contribution in [3.63, 3.8) is 0 Å². The Morgan fingerprint density at radius 3 is 2.79 bits per heavy atom. The molecule has 1 saturated heterocycles. The van der Waals surface area contributed by atoms with E-state index in [1.807, 2.05) is 38.2 Å². The Balaban J connectivity index is 1.44. The number of thioether (sulfide) groups is 1. The molecule has 0 spiro atoms. The van der Waals surface area contributed by atoms with E-state index in [4.69, 9.17) is 4.74 Å². The van der Waals surface area contributed by atoms with E-state index in [-0.39, 0.29) is 23.7 Å². The maximum atomic E-state index is 13.7. The van der Waals surface area contributed by atoms with E-state index in [1.165, 1.54) is 11.8 Å². The molecule has 3 amide bonds. The Morgan fingerprint density at radius 1 is 1.28 bits per heavy atom. The molecule has 1 aliphatic heterocycles. The number of methoxy groups -OCH3 is 1. The van der Waals surface area contributed by atoms with Gasteiger partial charge < -0.3 is 31.0 Å². The van der Waals surface area contributed by atoms with Crippen molar-refractivity contribution in [1.29, 1.82) is 5.26 Å². The van der Waals surface area contributed by atoms with Crippen LogP contribution >= 0.6 is 11.8 Å². The van der Waals surface area contributed by atoms with Gasteiger partial charge in [0.1, 0.15) is 22.7 Å². The maximum Gasteiger partial charge on any atom is 0.268 e. The van der Waals surface area contributed by atoms with Crippen LogP contribution in [0, 0.1) is 23.2 Å². The number of benzene rings is 1. The zero-order valence-electron chi connectivity index (χ0n) is 24.7. The highest BCUT2D eigenvalue weighted by Crippen LogP contribution is 2.27. The minimum atomic E-state index is -0.832. The van der Waals surface area contributed by atoms with E-state index < -0.39 is 23.2 Å². The van der Waals surface area contributed by atoms with E-state index in [0.29, 0.717) is 56.1 Å². The van der Waals surface area contributed by atoms with Gasteiger partial charge in [0.15, 0.2) is 0 Å². The molecule has 1 aromatic carbocycles. The van der Waals surface area contributed by atoms with Crippen LogP contribution in [0.2, 0.25) is 0 Å². The highest BCUT2D eigenvalue weighted by Gasteiger charge is 2.34. The fraction of sp³-hybridized carbons (Fsp3) is 0.500.